The van der Waals surface area contributed by atoms with Crippen LogP contribution in [0.4, 0.5) is 10.2 Å². The number of fused-ring (bicyclic) bond motifs is 5. The van der Waals surface area contributed by atoms with Gasteiger partial charge in [0.05, 0.1) is 23.6 Å². The minimum atomic E-state index is -4.14. The molecule has 3 aliphatic rings. The minimum absolute atomic E-state index is 0.000244. The van der Waals surface area contributed by atoms with Gasteiger partial charge in [0.15, 0.2) is 23.6 Å². The summed E-state index contributed by atoms with van der Waals surface area (Å²) in [6.45, 7) is 3.92. The van der Waals surface area contributed by atoms with Gasteiger partial charge in [0, 0.05) is 23.2 Å². The first-order valence-corrected chi connectivity index (χ1v) is 16.4. The van der Waals surface area contributed by atoms with E-state index in [0.29, 0.717) is 17.6 Å². The highest BCUT2D eigenvalue weighted by Crippen LogP contribution is 2.47. The Balaban J connectivity index is 1.40. The summed E-state index contributed by atoms with van der Waals surface area (Å²) in [5, 5.41) is 8.30. The summed E-state index contributed by atoms with van der Waals surface area (Å²) in [5.74, 6) is -0.470. The molecule has 0 spiro atoms. The molecule has 1 aromatic carbocycles. The second-order valence-corrected chi connectivity index (χ2v) is 13.6. The van der Waals surface area contributed by atoms with E-state index in [-0.39, 0.29) is 69.4 Å². The summed E-state index contributed by atoms with van der Waals surface area (Å²) in [6.07, 6.45) is 6.75. The van der Waals surface area contributed by atoms with Crippen molar-refractivity contribution in [2.75, 3.05) is 11.9 Å². The third kappa shape index (κ3) is 4.85. The molecule has 4 aromatic heterocycles. The van der Waals surface area contributed by atoms with Crippen molar-refractivity contribution in [3.63, 3.8) is 0 Å². The van der Waals surface area contributed by atoms with E-state index in [1.54, 1.807) is 31.2 Å². The molecule has 232 valence electrons. The maximum atomic E-state index is 14.6. The number of aldehydes is 1. The molecule has 3 aliphatic carbocycles. The number of anilines is 1. The summed E-state index contributed by atoms with van der Waals surface area (Å²) in [5.41, 5.74) is 1.84. The van der Waals surface area contributed by atoms with Gasteiger partial charge in [-0.3, -0.25) is 9.59 Å². The molecule has 0 saturated heterocycles. The molecule has 0 aliphatic heterocycles. The molecule has 5 aromatic rings. The number of nitrogens with zero attached hydrogens (tertiary/aromatic N) is 5. The Kier molecular flexibility index (Phi) is 7.15. The largest absolute Gasteiger partial charge is 0.466 e. The first-order chi connectivity index (χ1) is 21.7. The molecular weight excluding hydrogens is 599 g/mol. The molecule has 3 saturated carbocycles. The standard InChI is InChI=1S/C32H31FN6O5S/c1-3-44-32(41)27-19-6-8-20(9-7-19)28(27)35-30-26-13-10-22(17-40)39(26)37-29(36-30)25-16-38(31-24(25)14-21(33)15-34-31)45(42,43)23-11-4-18(2)5-12-23/h4-5,10-17,19-20,27-28H,3,6-9H2,1-2H3,(H,35,36,37). The van der Waals surface area contributed by atoms with Gasteiger partial charge in [-0.05, 0) is 81.7 Å². The van der Waals surface area contributed by atoms with Crippen LogP contribution < -0.4 is 5.32 Å². The van der Waals surface area contributed by atoms with Gasteiger partial charge in [-0.2, -0.15) is 0 Å². The Hall–Kier alpha value is -4.65. The third-order valence-corrected chi connectivity index (χ3v) is 10.8. The number of ether oxygens (including phenoxy) is 1. The molecule has 4 heterocycles. The first kappa shape index (κ1) is 29.1. The van der Waals surface area contributed by atoms with Crippen LogP contribution in [-0.2, 0) is 19.6 Å². The van der Waals surface area contributed by atoms with Crippen LogP contribution in [0.15, 0.2) is 59.8 Å². The second kappa shape index (κ2) is 11.1. The number of halogens is 1. The molecule has 8 rings (SSSR count). The summed E-state index contributed by atoms with van der Waals surface area (Å²) < 4.78 is 50.1. The molecule has 2 bridgehead atoms. The molecule has 13 heteroatoms. The summed E-state index contributed by atoms with van der Waals surface area (Å²) in [7, 11) is -4.14. The average Bonchev–Trinajstić information content (AvgIpc) is 3.63. The number of pyridine rings is 1. The van der Waals surface area contributed by atoms with Crippen molar-refractivity contribution >= 4 is 44.6 Å². The fourth-order valence-electron chi connectivity index (χ4n) is 6.96. The molecule has 2 unspecified atom stereocenters. The fraction of sp³-hybridized carbons (Fsp3) is 0.344. The lowest BCUT2D eigenvalue weighted by molar-refractivity contribution is -0.154. The number of carbonyl (C=O) groups is 2. The van der Waals surface area contributed by atoms with E-state index in [0.717, 1.165) is 41.4 Å². The number of carbonyl (C=O) groups excluding carboxylic acids is 2. The highest BCUT2D eigenvalue weighted by molar-refractivity contribution is 7.90. The predicted molar refractivity (Wildman–Crippen MR) is 164 cm³/mol. The lowest BCUT2D eigenvalue weighted by atomic mass is 9.61. The summed E-state index contributed by atoms with van der Waals surface area (Å²) in [6, 6.07) is 10.6. The third-order valence-electron chi connectivity index (χ3n) is 9.14. The van der Waals surface area contributed by atoms with Crippen LogP contribution in [0.5, 0.6) is 0 Å². The quantitative estimate of drug-likeness (QED) is 0.185. The van der Waals surface area contributed by atoms with Gasteiger partial charge < -0.3 is 10.1 Å². The van der Waals surface area contributed by atoms with Crippen molar-refractivity contribution in [3.05, 3.63) is 71.9 Å². The Bertz CT molecular complexity index is 2070. The van der Waals surface area contributed by atoms with E-state index in [9.17, 15) is 22.4 Å². The van der Waals surface area contributed by atoms with Crippen molar-refractivity contribution in [1.29, 1.82) is 0 Å². The molecular formula is C32H31FN6O5S. The number of rotatable bonds is 8. The van der Waals surface area contributed by atoms with Crippen molar-refractivity contribution in [1.82, 2.24) is 23.6 Å². The van der Waals surface area contributed by atoms with E-state index < -0.39 is 15.8 Å². The van der Waals surface area contributed by atoms with E-state index in [1.165, 1.54) is 28.9 Å². The molecule has 0 radical (unpaired) electrons. The normalized spacial score (nSPS) is 21.3. The summed E-state index contributed by atoms with van der Waals surface area (Å²) >= 11 is 0. The number of benzene rings is 1. The Morgan fingerprint density at radius 1 is 1.11 bits per heavy atom. The number of hydrogen-bond donors (Lipinski definition) is 1. The van der Waals surface area contributed by atoms with Gasteiger partial charge in [-0.25, -0.2) is 31.3 Å². The predicted octanol–water partition coefficient (Wildman–Crippen LogP) is 5.02. The van der Waals surface area contributed by atoms with Crippen LogP contribution in [0.2, 0.25) is 0 Å². The number of hydrogen-bond acceptors (Lipinski definition) is 9. The van der Waals surface area contributed by atoms with Crippen LogP contribution in [0.3, 0.4) is 0 Å². The van der Waals surface area contributed by atoms with Crippen molar-refractivity contribution < 1.29 is 27.1 Å². The average molecular weight is 631 g/mol. The zero-order chi connectivity index (χ0) is 31.5. The van der Waals surface area contributed by atoms with E-state index in [4.69, 9.17) is 9.72 Å². The van der Waals surface area contributed by atoms with E-state index in [2.05, 4.69) is 15.4 Å². The molecule has 11 nitrogen and oxygen atoms in total. The SMILES string of the molecule is CCOC(=O)C1C2CCC(CC2)C1Nc1nc(-c2cn(S(=O)(=O)c3ccc(C)cc3)c3ncc(F)cc23)nn2c(C=O)ccc12. The maximum absolute atomic E-state index is 14.6. The zero-order valence-electron chi connectivity index (χ0n) is 24.7. The monoisotopic (exact) mass is 630 g/mol. The van der Waals surface area contributed by atoms with Crippen LogP contribution >= 0.6 is 0 Å². The second-order valence-electron chi connectivity index (χ2n) is 11.8. The molecule has 45 heavy (non-hydrogen) atoms. The van der Waals surface area contributed by atoms with Gasteiger partial charge in [0.2, 0.25) is 0 Å². The number of esters is 1. The van der Waals surface area contributed by atoms with Crippen molar-refractivity contribution in [3.8, 4) is 11.4 Å². The minimum Gasteiger partial charge on any atom is -0.466 e. The van der Waals surface area contributed by atoms with Crippen molar-refractivity contribution in [2.24, 2.45) is 17.8 Å². The van der Waals surface area contributed by atoms with E-state index >= 15 is 0 Å². The van der Waals surface area contributed by atoms with Gasteiger partial charge >= 0.3 is 5.97 Å². The topological polar surface area (TPSA) is 138 Å². The molecule has 2 atom stereocenters. The zero-order valence-corrected chi connectivity index (χ0v) is 25.5. The molecule has 1 N–H and O–H groups in total. The van der Waals surface area contributed by atoms with Gasteiger partial charge in [0.25, 0.3) is 10.0 Å². The van der Waals surface area contributed by atoms with Crippen LogP contribution in [0.1, 0.15) is 48.7 Å². The lowest BCUT2D eigenvalue weighted by Crippen LogP contribution is -2.52. The molecule has 3 fully saturated rings. The fourth-order valence-corrected chi connectivity index (χ4v) is 8.28. The number of aryl methyl sites for hydroxylation is 1. The number of nitrogens with one attached hydrogen (secondary N) is 1. The first-order valence-electron chi connectivity index (χ1n) is 15.0. The van der Waals surface area contributed by atoms with E-state index in [1.807, 2.05) is 6.92 Å². The highest BCUT2D eigenvalue weighted by atomic mass is 32.2. The lowest BCUT2D eigenvalue weighted by Gasteiger charge is -2.47. The van der Waals surface area contributed by atoms with Gasteiger partial charge in [-0.15, -0.1) is 5.10 Å². The van der Waals surface area contributed by atoms with Crippen molar-refractivity contribution in [2.45, 2.75) is 50.5 Å². The Morgan fingerprint density at radius 3 is 2.56 bits per heavy atom. The van der Waals surface area contributed by atoms with Gasteiger partial charge in [0.1, 0.15) is 17.0 Å². The maximum Gasteiger partial charge on any atom is 0.311 e. The van der Waals surface area contributed by atoms with Crippen LogP contribution in [-0.4, -0.2) is 56.9 Å². The highest BCUT2D eigenvalue weighted by Gasteiger charge is 2.48. The smallest absolute Gasteiger partial charge is 0.311 e. The number of aromatic nitrogens is 5. The van der Waals surface area contributed by atoms with Crippen LogP contribution in [0.25, 0.3) is 27.9 Å². The van der Waals surface area contributed by atoms with Gasteiger partial charge in [-0.1, -0.05) is 17.7 Å². The van der Waals surface area contributed by atoms with Crippen LogP contribution in [0, 0.1) is 30.5 Å². The Labute approximate surface area is 258 Å². The molecule has 0 amide bonds. The summed E-state index contributed by atoms with van der Waals surface area (Å²) in [4.78, 5) is 34.2. The Morgan fingerprint density at radius 2 is 1.84 bits per heavy atom.